The van der Waals surface area contributed by atoms with Gasteiger partial charge in [-0.3, -0.25) is 0 Å². The molecule has 1 heterocycles. The highest BCUT2D eigenvalue weighted by atomic mass is 16.5. The van der Waals surface area contributed by atoms with Crippen molar-refractivity contribution in [2.75, 3.05) is 0 Å². The minimum absolute atomic E-state index is 0.290. The molecule has 0 amide bonds. The van der Waals surface area contributed by atoms with Crippen LogP contribution in [0.5, 0.6) is 0 Å². The van der Waals surface area contributed by atoms with E-state index in [0.29, 0.717) is 18.2 Å². The van der Waals surface area contributed by atoms with E-state index >= 15 is 0 Å². The van der Waals surface area contributed by atoms with Crippen molar-refractivity contribution in [1.29, 1.82) is 0 Å². The molecule has 3 nitrogen and oxygen atoms in total. The van der Waals surface area contributed by atoms with Gasteiger partial charge in [-0.25, -0.2) is 4.99 Å². The number of ether oxygens (including phenoxy) is 1. The Morgan fingerprint density at radius 1 is 1.50 bits per heavy atom. The highest BCUT2D eigenvalue weighted by molar-refractivity contribution is 5.73. The maximum Gasteiger partial charge on any atom is 0.282 e. The molecule has 0 aromatic rings. The van der Waals surface area contributed by atoms with Gasteiger partial charge < -0.3 is 10.5 Å². The quantitative estimate of drug-likeness (QED) is 0.733. The van der Waals surface area contributed by atoms with Crippen molar-refractivity contribution in [3.63, 3.8) is 0 Å². The van der Waals surface area contributed by atoms with E-state index in [1.807, 2.05) is 0 Å². The van der Waals surface area contributed by atoms with E-state index in [1.54, 1.807) is 0 Å². The second-order valence-corrected chi connectivity index (χ2v) is 5.00. The monoisotopic (exact) mass is 196 g/mol. The first-order valence-electron chi connectivity index (χ1n) is 5.65. The molecule has 1 aliphatic carbocycles. The predicted molar refractivity (Wildman–Crippen MR) is 57.1 cm³/mol. The molecule has 0 spiro atoms. The van der Waals surface area contributed by atoms with E-state index in [0.717, 1.165) is 18.3 Å². The summed E-state index contributed by atoms with van der Waals surface area (Å²) in [6, 6.07) is 0.762. The molecule has 2 aliphatic rings. The van der Waals surface area contributed by atoms with Crippen LogP contribution in [-0.4, -0.2) is 18.2 Å². The summed E-state index contributed by atoms with van der Waals surface area (Å²) in [5.74, 6) is 1.62. The molecule has 2 N–H and O–H groups in total. The van der Waals surface area contributed by atoms with Crippen LogP contribution in [0.1, 0.15) is 39.5 Å². The van der Waals surface area contributed by atoms with E-state index in [-0.39, 0.29) is 0 Å². The molecular formula is C11H20N2O. The van der Waals surface area contributed by atoms with Crippen LogP contribution in [0.3, 0.4) is 0 Å². The summed E-state index contributed by atoms with van der Waals surface area (Å²) in [6.07, 6.45) is 5.19. The molecule has 1 aliphatic heterocycles. The molecule has 1 fully saturated rings. The highest BCUT2D eigenvalue weighted by Gasteiger charge is 2.36. The van der Waals surface area contributed by atoms with Crippen LogP contribution in [0, 0.1) is 11.8 Å². The third-order valence-electron chi connectivity index (χ3n) is 3.23. The first kappa shape index (κ1) is 9.81. The summed E-state index contributed by atoms with van der Waals surface area (Å²) >= 11 is 0. The smallest absolute Gasteiger partial charge is 0.282 e. The van der Waals surface area contributed by atoms with Gasteiger partial charge in [-0.2, -0.15) is 0 Å². The van der Waals surface area contributed by atoms with E-state index < -0.39 is 0 Å². The Hall–Kier alpha value is -0.730. The summed E-state index contributed by atoms with van der Waals surface area (Å²) in [5.41, 5.74) is 5.57. The van der Waals surface area contributed by atoms with Crippen LogP contribution in [0.2, 0.25) is 0 Å². The van der Waals surface area contributed by atoms with Crippen molar-refractivity contribution in [2.24, 2.45) is 22.6 Å². The molecule has 3 atom stereocenters. The normalized spacial score (nSPS) is 36.5. The number of hydrogen-bond acceptors (Lipinski definition) is 3. The molecule has 2 rings (SSSR count). The number of nitrogens with two attached hydrogens (primary N) is 1. The second kappa shape index (κ2) is 3.79. The fraction of sp³-hybridized carbons (Fsp3) is 0.909. The molecule has 0 aromatic carbocycles. The van der Waals surface area contributed by atoms with Gasteiger partial charge in [-0.1, -0.05) is 13.8 Å². The Bertz CT molecular complexity index is 237. The average molecular weight is 196 g/mol. The zero-order valence-electron chi connectivity index (χ0n) is 9.07. The number of aliphatic imine (C=N–C) groups is 1. The number of nitrogens with zero attached hydrogens (tertiary/aromatic N) is 1. The van der Waals surface area contributed by atoms with E-state index in [4.69, 9.17) is 10.5 Å². The molecule has 0 aromatic heterocycles. The number of fused-ring (bicyclic) bond motifs is 1. The third kappa shape index (κ3) is 2.02. The largest absolute Gasteiger partial charge is 0.460 e. The Labute approximate surface area is 85.7 Å². The van der Waals surface area contributed by atoms with Crippen molar-refractivity contribution >= 4 is 6.02 Å². The molecule has 3 unspecified atom stereocenters. The molecule has 0 bridgehead atoms. The lowest BCUT2D eigenvalue weighted by molar-refractivity contribution is 0.119. The van der Waals surface area contributed by atoms with Gasteiger partial charge in [0.05, 0.1) is 6.04 Å². The Kier molecular flexibility index (Phi) is 2.66. The van der Waals surface area contributed by atoms with Crippen molar-refractivity contribution in [3.05, 3.63) is 0 Å². The molecule has 14 heavy (non-hydrogen) atoms. The fourth-order valence-electron chi connectivity index (χ4n) is 2.71. The molecule has 1 saturated carbocycles. The zero-order valence-corrected chi connectivity index (χ0v) is 9.07. The van der Waals surface area contributed by atoms with Crippen molar-refractivity contribution in [2.45, 2.75) is 51.7 Å². The standard InChI is InChI=1S/C11H20N2O/c1-7(2)5-8-3-4-10-9(6-8)13-11(12)14-10/h7-10H,3-6H2,1-2H3,(H2,12,13). The van der Waals surface area contributed by atoms with Crippen LogP contribution < -0.4 is 5.73 Å². The number of hydrogen-bond donors (Lipinski definition) is 1. The van der Waals surface area contributed by atoms with E-state index in [9.17, 15) is 0 Å². The molecule has 3 heteroatoms. The van der Waals surface area contributed by atoms with Gasteiger partial charge in [-0.15, -0.1) is 0 Å². The number of amidine groups is 1. The Balaban J connectivity index is 1.90. The lowest BCUT2D eigenvalue weighted by Crippen LogP contribution is -2.31. The minimum atomic E-state index is 0.290. The third-order valence-corrected chi connectivity index (χ3v) is 3.23. The first-order chi connectivity index (χ1) is 6.65. The summed E-state index contributed by atoms with van der Waals surface area (Å²) in [4.78, 5) is 4.34. The molecular weight excluding hydrogens is 176 g/mol. The first-order valence-corrected chi connectivity index (χ1v) is 5.65. The van der Waals surface area contributed by atoms with Crippen molar-refractivity contribution in [3.8, 4) is 0 Å². The second-order valence-electron chi connectivity index (χ2n) is 5.00. The summed E-state index contributed by atoms with van der Waals surface area (Å²) in [6.45, 7) is 4.57. The van der Waals surface area contributed by atoms with Gasteiger partial charge in [0.2, 0.25) is 0 Å². The summed E-state index contributed by atoms with van der Waals surface area (Å²) in [5, 5.41) is 0. The SMILES string of the molecule is CC(C)CC1CCC2OC(N)=NC2C1. The van der Waals surface area contributed by atoms with Crippen LogP contribution in [-0.2, 0) is 4.74 Å². The van der Waals surface area contributed by atoms with Gasteiger partial charge >= 0.3 is 0 Å². The van der Waals surface area contributed by atoms with E-state index in [1.165, 1.54) is 19.3 Å². The van der Waals surface area contributed by atoms with Gasteiger partial charge in [0.25, 0.3) is 6.02 Å². The van der Waals surface area contributed by atoms with Crippen LogP contribution >= 0.6 is 0 Å². The van der Waals surface area contributed by atoms with Crippen molar-refractivity contribution < 1.29 is 4.74 Å². The minimum Gasteiger partial charge on any atom is -0.460 e. The van der Waals surface area contributed by atoms with Crippen LogP contribution in [0.25, 0.3) is 0 Å². The fourth-order valence-corrected chi connectivity index (χ4v) is 2.71. The zero-order chi connectivity index (χ0) is 10.1. The predicted octanol–water partition coefficient (Wildman–Crippen LogP) is 1.91. The van der Waals surface area contributed by atoms with Crippen LogP contribution in [0.15, 0.2) is 4.99 Å². The number of rotatable bonds is 2. The van der Waals surface area contributed by atoms with Gasteiger partial charge in [0.15, 0.2) is 0 Å². The van der Waals surface area contributed by atoms with Gasteiger partial charge in [0, 0.05) is 0 Å². The topological polar surface area (TPSA) is 47.6 Å². The summed E-state index contributed by atoms with van der Waals surface area (Å²) in [7, 11) is 0. The maximum atomic E-state index is 5.57. The Morgan fingerprint density at radius 3 is 3.00 bits per heavy atom. The molecule has 0 radical (unpaired) electrons. The van der Waals surface area contributed by atoms with Gasteiger partial charge in [0.1, 0.15) is 6.10 Å². The average Bonchev–Trinajstić information content (AvgIpc) is 2.42. The maximum absolute atomic E-state index is 5.57. The van der Waals surface area contributed by atoms with Crippen LogP contribution in [0.4, 0.5) is 0 Å². The molecule has 0 saturated heterocycles. The summed E-state index contributed by atoms with van der Waals surface area (Å²) < 4.78 is 5.45. The molecule has 80 valence electrons. The lowest BCUT2D eigenvalue weighted by atomic mass is 9.80. The highest BCUT2D eigenvalue weighted by Crippen LogP contribution is 2.34. The van der Waals surface area contributed by atoms with Crippen molar-refractivity contribution in [1.82, 2.24) is 0 Å². The van der Waals surface area contributed by atoms with E-state index in [2.05, 4.69) is 18.8 Å². The lowest BCUT2D eigenvalue weighted by Gasteiger charge is -2.30. The van der Waals surface area contributed by atoms with Gasteiger partial charge in [-0.05, 0) is 37.5 Å². The Morgan fingerprint density at radius 2 is 2.29 bits per heavy atom.